The van der Waals surface area contributed by atoms with E-state index in [0.717, 1.165) is 25.9 Å². The summed E-state index contributed by atoms with van der Waals surface area (Å²) in [4.78, 5) is 23.8. The number of ether oxygens (including phenoxy) is 2. The van der Waals surface area contributed by atoms with E-state index in [4.69, 9.17) is 14.6 Å². The van der Waals surface area contributed by atoms with Crippen molar-refractivity contribution in [2.24, 2.45) is 5.41 Å². The molecule has 0 atom stereocenters. The zero-order valence-corrected chi connectivity index (χ0v) is 21.3. The van der Waals surface area contributed by atoms with Gasteiger partial charge < -0.3 is 24.8 Å². The number of nitrogens with zero attached hydrogens (tertiary/aromatic N) is 3. The minimum Gasteiger partial charge on any atom is -0.475 e. The van der Waals surface area contributed by atoms with Gasteiger partial charge in [0.2, 0.25) is 6.86 Å². The molecule has 0 aromatic carbocycles. The van der Waals surface area contributed by atoms with Gasteiger partial charge in [-0.3, -0.25) is 9.52 Å². The predicted molar refractivity (Wildman–Crippen MR) is 133 cm³/mol. The normalized spacial score (nSPS) is 16.4. The molecule has 14 heteroatoms. The lowest BCUT2D eigenvalue weighted by molar-refractivity contribution is -0.139. The highest BCUT2D eigenvalue weighted by Crippen LogP contribution is 2.54. The van der Waals surface area contributed by atoms with Gasteiger partial charge in [0.15, 0.2) is 5.75 Å². The molecule has 2 aromatic heterocycles. The number of anilines is 2. The fourth-order valence-electron chi connectivity index (χ4n) is 4.20. The van der Waals surface area contributed by atoms with Crippen molar-refractivity contribution >= 4 is 29.4 Å². The maximum atomic E-state index is 13.3. The summed E-state index contributed by atoms with van der Waals surface area (Å²) in [6.45, 7) is -0.0422. The summed E-state index contributed by atoms with van der Waals surface area (Å²) in [6, 6.07) is 4.41. The molecule has 3 N–H and O–H groups in total. The Morgan fingerprint density at radius 1 is 1.18 bits per heavy atom. The summed E-state index contributed by atoms with van der Waals surface area (Å²) < 4.78 is 63.1. The Kier molecular flexibility index (Phi) is 9.15. The number of carbonyl (C=O) groups is 1. The number of rotatable bonds is 12. The second-order valence-corrected chi connectivity index (χ2v) is 10.1. The number of carbonyl (C=O) groups excluding carboxylic acids is 1. The molecule has 2 aliphatic rings. The first kappa shape index (κ1) is 28.2. The van der Waals surface area contributed by atoms with E-state index >= 15 is 0 Å². The second-order valence-electron chi connectivity index (χ2n) is 9.17. The lowest BCUT2D eigenvalue weighted by atomic mass is 9.93. The van der Waals surface area contributed by atoms with Crippen molar-refractivity contribution in [3.05, 3.63) is 30.0 Å². The van der Waals surface area contributed by atoms with E-state index in [-0.39, 0.29) is 24.1 Å². The summed E-state index contributed by atoms with van der Waals surface area (Å²) in [6.07, 6.45) is 0.327. The smallest absolute Gasteiger partial charge is 0.392 e. The maximum Gasteiger partial charge on any atom is 0.392 e. The number of amides is 1. The maximum absolute atomic E-state index is 13.3. The molecular weight excluding hydrogens is 530 g/mol. The van der Waals surface area contributed by atoms with Crippen LogP contribution in [0.15, 0.2) is 29.4 Å². The van der Waals surface area contributed by atoms with Crippen LogP contribution in [0.4, 0.5) is 29.1 Å². The number of alkyl halides is 4. The molecule has 1 amide bonds. The van der Waals surface area contributed by atoms with Gasteiger partial charge in [-0.2, -0.15) is 18.2 Å². The van der Waals surface area contributed by atoms with Crippen LogP contribution in [0.1, 0.15) is 42.5 Å². The Morgan fingerprint density at radius 3 is 2.61 bits per heavy atom. The number of pyridine rings is 2. The van der Waals surface area contributed by atoms with Crippen LogP contribution < -0.4 is 24.4 Å². The molecule has 0 radical (unpaired) electrons. The first-order chi connectivity index (χ1) is 18.2. The molecule has 1 saturated carbocycles. The van der Waals surface area contributed by atoms with Gasteiger partial charge in [0.1, 0.15) is 10.8 Å². The quantitative estimate of drug-likeness (QED) is 0.199. The molecule has 4 rings (SSSR count). The van der Waals surface area contributed by atoms with Crippen LogP contribution in [0, 0.1) is 5.41 Å². The molecule has 0 bridgehead atoms. The average molecular weight is 560 g/mol. The number of hydrogen-bond donors (Lipinski definition) is 3. The van der Waals surface area contributed by atoms with E-state index in [0.29, 0.717) is 28.2 Å². The molecule has 9 nitrogen and oxygen atoms in total. The molecule has 2 aromatic rings. The highest BCUT2D eigenvalue weighted by molar-refractivity contribution is 7.97. The lowest BCUT2D eigenvalue weighted by Crippen LogP contribution is -2.36. The van der Waals surface area contributed by atoms with Crippen molar-refractivity contribution in [1.29, 1.82) is 0 Å². The fraction of sp³-hybridized carbons (Fsp3) is 0.542. The number of aliphatic hydroxyl groups is 1. The van der Waals surface area contributed by atoms with E-state index < -0.39 is 32.0 Å². The summed E-state index contributed by atoms with van der Waals surface area (Å²) in [5, 5.41) is 12.3. The first-order valence-electron chi connectivity index (χ1n) is 12.2. The van der Waals surface area contributed by atoms with Crippen LogP contribution in [-0.2, 0) is 0 Å². The van der Waals surface area contributed by atoms with Gasteiger partial charge in [-0.25, -0.2) is 9.37 Å². The van der Waals surface area contributed by atoms with Crippen LogP contribution >= 0.6 is 11.9 Å². The fourth-order valence-corrected chi connectivity index (χ4v) is 4.82. The van der Waals surface area contributed by atoms with E-state index in [1.54, 1.807) is 0 Å². The highest BCUT2D eigenvalue weighted by Gasteiger charge is 2.44. The van der Waals surface area contributed by atoms with E-state index in [9.17, 15) is 22.4 Å². The lowest BCUT2D eigenvalue weighted by Gasteiger charge is -2.34. The molecule has 1 spiro atoms. The average Bonchev–Trinajstić information content (AvgIpc) is 3.64. The van der Waals surface area contributed by atoms with Gasteiger partial charge in [0.05, 0.1) is 30.9 Å². The highest BCUT2D eigenvalue weighted by atomic mass is 32.2. The zero-order chi connectivity index (χ0) is 27.2. The molecule has 1 aliphatic carbocycles. The summed E-state index contributed by atoms with van der Waals surface area (Å²) >= 11 is 1.24. The third-order valence-electron chi connectivity index (χ3n) is 6.52. The third-order valence-corrected chi connectivity index (χ3v) is 7.30. The molecule has 208 valence electrons. The zero-order valence-electron chi connectivity index (χ0n) is 20.5. The third kappa shape index (κ3) is 7.60. The Morgan fingerprint density at radius 2 is 1.95 bits per heavy atom. The number of hydrogen-bond acceptors (Lipinski definition) is 9. The number of piperidine rings is 1. The predicted octanol–water partition coefficient (Wildman–Crippen LogP) is 4.34. The SMILES string of the molecule is O=C(Nc1ccc(OCF)c(OCCC(F)(F)F)n1)c1cnc(SNCCO)cc1N1CCC2(CC1)CC2. The molecular formula is C24H29F4N5O4S. The van der Waals surface area contributed by atoms with Crippen molar-refractivity contribution in [2.45, 2.75) is 43.3 Å². The Labute approximate surface area is 221 Å². The Hall–Kier alpha value is -2.84. The van der Waals surface area contributed by atoms with Gasteiger partial charge in [0, 0.05) is 25.8 Å². The first-order valence-corrected chi connectivity index (χ1v) is 13.0. The summed E-state index contributed by atoms with van der Waals surface area (Å²) in [5.41, 5.74) is 1.43. The van der Waals surface area contributed by atoms with E-state index in [1.165, 1.54) is 43.1 Å². The monoisotopic (exact) mass is 559 g/mol. The Bertz CT molecular complexity index is 1110. The summed E-state index contributed by atoms with van der Waals surface area (Å²) in [7, 11) is 0. The molecule has 38 heavy (non-hydrogen) atoms. The van der Waals surface area contributed by atoms with Crippen LogP contribution in [0.5, 0.6) is 11.6 Å². The number of aliphatic hydroxyl groups excluding tert-OH is 1. The summed E-state index contributed by atoms with van der Waals surface area (Å²) in [5.74, 6) is -1.08. The molecule has 1 saturated heterocycles. The van der Waals surface area contributed by atoms with Crippen molar-refractivity contribution in [2.75, 3.05) is 49.9 Å². The Balaban J connectivity index is 1.52. The van der Waals surface area contributed by atoms with Crippen molar-refractivity contribution in [3.8, 4) is 11.6 Å². The van der Waals surface area contributed by atoms with Gasteiger partial charge in [-0.05, 0) is 61.2 Å². The van der Waals surface area contributed by atoms with Crippen LogP contribution in [-0.4, -0.2) is 66.9 Å². The van der Waals surface area contributed by atoms with Gasteiger partial charge in [-0.15, -0.1) is 0 Å². The van der Waals surface area contributed by atoms with Crippen LogP contribution in [0.2, 0.25) is 0 Å². The van der Waals surface area contributed by atoms with E-state index in [1.807, 2.05) is 6.07 Å². The number of nitrogens with one attached hydrogen (secondary N) is 2. The minimum absolute atomic E-state index is 0.00666. The van der Waals surface area contributed by atoms with Crippen molar-refractivity contribution in [3.63, 3.8) is 0 Å². The molecule has 0 unspecified atom stereocenters. The van der Waals surface area contributed by atoms with Crippen molar-refractivity contribution < 1.29 is 36.9 Å². The van der Waals surface area contributed by atoms with E-state index in [2.05, 4.69) is 24.9 Å². The molecule has 2 fully saturated rings. The van der Waals surface area contributed by atoms with Crippen LogP contribution in [0.25, 0.3) is 0 Å². The number of aromatic nitrogens is 2. The van der Waals surface area contributed by atoms with Gasteiger partial charge in [-0.1, -0.05) is 0 Å². The van der Waals surface area contributed by atoms with Crippen molar-refractivity contribution in [1.82, 2.24) is 14.7 Å². The van der Waals surface area contributed by atoms with Crippen LogP contribution in [0.3, 0.4) is 0 Å². The largest absolute Gasteiger partial charge is 0.475 e. The second kappa shape index (κ2) is 12.3. The van der Waals surface area contributed by atoms with Gasteiger partial charge >= 0.3 is 6.18 Å². The molecule has 3 heterocycles. The standard InChI is InChI=1S/C24H29F4N5O4S/c25-15-37-18-1-2-19(32-22(18)36-12-7-24(26,27)28)31-21(35)16-14-29-20(38-30-8-11-34)13-17(16)33-9-5-23(3-4-23)6-10-33/h1-2,13-14,30,34H,3-12,15H2,(H,31,32,35). The topological polar surface area (TPSA) is 109 Å². The molecule has 1 aliphatic heterocycles. The minimum atomic E-state index is -4.44. The number of halogens is 4. The van der Waals surface area contributed by atoms with Gasteiger partial charge in [0.25, 0.3) is 11.8 Å².